The summed E-state index contributed by atoms with van der Waals surface area (Å²) in [4.78, 5) is 29.7. The van der Waals surface area contributed by atoms with E-state index in [9.17, 15) is 9.59 Å². The van der Waals surface area contributed by atoms with E-state index in [4.69, 9.17) is 21.7 Å². The molecule has 1 atom stereocenters. The van der Waals surface area contributed by atoms with E-state index in [0.717, 1.165) is 11.3 Å². The van der Waals surface area contributed by atoms with Gasteiger partial charge in [-0.15, -0.1) is 0 Å². The number of thiocarbonyl (C=S) groups is 1. The van der Waals surface area contributed by atoms with Crippen molar-refractivity contribution >= 4 is 40.5 Å². The van der Waals surface area contributed by atoms with E-state index >= 15 is 0 Å². The molecule has 1 heterocycles. The van der Waals surface area contributed by atoms with Crippen LogP contribution in [-0.2, 0) is 16.1 Å². The van der Waals surface area contributed by atoms with E-state index in [-0.39, 0.29) is 18.2 Å². The van der Waals surface area contributed by atoms with Gasteiger partial charge in [-0.1, -0.05) is 30.3 Å². The SMILES string of the molecule is COc1ccc(CN2C(=S)N(c3ccc(OC)cc3)C(=O)C2CC(=O)Nc2ccccc2)cc1. The van der Waals surface area contributed by atoms with Gasteiger partial charge in [0.1, 0.15) is 17.5 Å². The lowest BCUT2D eigenvalue weighted by molar-refractivity contribution is -0.124. The maximum Gasteiger partial charge on any atom is 0.256 e. The molecule has 1 saturated heterocycles. The minimum absolute atomic E-state index is 0.0311. The summed E-state index contributed by atoms with van der Waals surface area (Å²) in [6.45, 7) is 0.379. The number of methoxy groups -OCH3 is 2. The largest absolute Gasteiger partial charge is 0.497 e. The summed E-state index contributed by atoms with van der Waals surface area (Å²) in [6, 6.07) is 23.1. The van der Waals surface area contributed by atoms with Crippen LogP contribution in [0.2, 0.25) is 0 Å². The van der Waals surface area contributed by atoms with Gasteiger partial charge < -0.3 is 19.7 Å². The number of amides is 2. The van der Waals surface area contributed by atoms with Crippen LogP contribution in [-0.4, -0.2) is 42.1 Å². The average Bonchev–Trinajstić information content (AvgIpc) is 3.09. The third-order valence-corrected chi connectivity index (χ3v) is 6.01. The van der Waals surface area contributed by atoms with Gasteiger partial charge in [0, 0.05) is 12.2 Å². The predicted molar refractivity (Wildman–Crippen MR) is 135 cm³/mol. The molecule has 1 aliphatic rings. The van der Waals surface area contributed by atoms with E-state index in [1.807, 2.05) is 42.5 Å². The molecule has 0 aliphatic carbocycles. The lowest BCUT2D eigenvalue weighted by Gasteiger charge is -2.24. The third-order valence-electron chi connectivity index (χ3n) is 5.60. The zero-order valence-electron chi connectivity index (χ0n) is 18.9. The summed E-state index contributed by atoms with van der Waals surface area (Å²) in [5, 5.41) is 3.21. The third kappa shape index (κ3) is 5.02. The van der Waals surface area contributed by atoms with Gasteiger partial charge in [0.05, 0.1) is 26.3 Å². The molecule has 4 rings (SSSR count). The Morgan fingerprint density at radius 1 is 0.912 bits per heavy atom. The Balaban J connectivity index is 1.60. The first-order valence-electron chi connectivity index (χ1n) is 10.8. The number of rotatable bonds is 8. The van der Waals surface area contributed by atoms with Gasteiger partial charge in [-0.25, -0.2) is 0 Å². The van der Waals surface area contributed by atoms with Crippen molar-refractivity contribution in [3.8, 4) is 11.5 Å². The molecule has 34 heavy (non-hydrogen) atoms. The topological polar surface area (TPSA) is 71.1 Å². The summed E-state index contributed by atoms with van der Waals surface area (Å²) in [7, 11) is 3.19. The molecule has 1 unspecified atom stereocenters. The number of hydrogen-bond donors (Lipinski definition) is 1. The molecule has 2 amide bonds. The molecule has 0 bridgehead atoms. The number of ether oxygens (including phenoxy) is 2. The van der Waals surface area contributed by atoms with Crippen LogP contribution in [0.25, 0.3) is 0 Å². The highest BCUT2D eigenvalue weighted by atomic mass is 32.1. The van der Waals surface area contributed by atoms with Gasteiger partial charge in [0.15, 0.2) is 5.11 Å². The van der Waals surface area contributed by atoms with Crippen molar-refractivity contribution in [1.29, 1.82) is 0 Å². The molecule has 1 N–H and O–H groups in total. The molecule has 0 spiro atoms. The number of anilines is 2. The highest BCUT2D eigenvalue weighted by Gasteiger charge is 2.44. The molecular weight excluding hydrogens is 450 g/mol. The monoisotopic (exact) mass is 475 g/mol. The molecule has 0 saturated carbocycles. The number of nitrogens with one attached hydrogen (secondary N) is 1. The fraction of sp³-hybridized carbons (Fsp3) is 0.192. The van der Waals surface area contributed by atoms with Crippen LogP contribution in [0.15, 0.2) is 78.9 Å². The zero-order chi connectivity index (χ0) is 24.1. The van der Waals surface area contributed by atoms with E-state index in [1.165, 1.54) is 4.90 Å². The van der Waals surface area contributed by atoms with E-state index in [2.05, 4.69) is 5.32 Å². The number of carbonyl (C=O) groups is 2. The minimum Gasteiger partial charge on any atom is -0.497 e. The molecule has 3 aromatic rings. The number of para-hydroxylation sites is 1. The Morgan fingerprint density at radius 2 is 1.50 bits per heavy atom. The maximum atomic E-state index is 13.5. The van der Waals surface area contributed by atoms with E-state index < -0.39 is 6.04 Å². The number of hydrogen-bond acceptors (Lipinski definition) is 5. The first-order valence-corrected chi connectivity index (χ1v) is 11.2. The Labute approximate surface area is 203 Å². The second kappa shape index (κ2) is 10.4. The lowest BCUT2D eigenvalue weighted by Crippen LogP contribution is -2.37. The molecule has 8 heteroatoms. The molecular formula is C26H25N3O4S. The summed E-state index contributed by atoms with van der Waals surface area (Å²) in [5.74, 6) is 0.910. The van der Waals surface area contributed by atoms with E-state index in [0.29, 0.717) is 28.8 Å². The first kappa shape index (κ1) is 23.3. The standard InChI is InChI=1S/C26H25N3O4S/c1-32-21-12-8-18(9-13-21)17-28-23(16-24(30)27-19-6-4-3-5-7-19)25(31)29(26(28)34)20-10-14-22(33-2)15-11-20/h3-15,23H,16-17H2,1-2H3,(H,27,30). The van der Waals surface area contributed by atoms with Gasteiger partial charge >= 0.3 is 0 Å². The van der Waals surface area contributed by atoms with Crippen LogP contribution >= 0.6 is 12.2 Å². The highest BCUT2D eigenvalue weighted by molar-refractivity contribution is 7.80. The van der Waals surface area contributed by atoms with Gasteiger partial charge in [0.25, 0.3) is 5.91 Å². The number of nitrogens with zero attached hydrogens (tertiary/aromatic N) is 2. The Morgan fingerprint density at radius 3 is 2.09 bits per heavy atom. The van der Waals surface area contributed by atoms with E-state index in [1.54, 1.807) is 55.5 Å². The maximum absolute atomic E-state index is 13.5. The summed E-state index contributed by atoms with van der Waals surface area (Å²) in [5.41, 5.74) is 2.25. The van der Waals surface area contributed by atoms with Gasteiger partial charge in [-0.05, 0) is 66.3 Å². The van der Waals surface area contributed by atoms with Crippen molar-refractivity contribution in [3.63, 3.8) is 0 Å². The Hall–Kier alpha value is -3.91. The van der Waals surface area contributed by atoms with Crippen LogP contribution in [0.3, 0.4) is 0 Å². The molecule has 0 radical (unpaired) electrons. The zero-order valence-corrected chi connectivity index (χ0v) is 19.7. The van der Waals surface area contributed by atoms with Crippen molar-refractivity contribution in [2.75, 3.05) is 24.4 Å². The first-order chi connectivity index (χ1) is 16.5. The Kier molecular flexibility index (Phi) is 7.08. The second-order valence-corrected chi connectivity index (χ2v) is 8.13. The van der Waals surface area contributed by atoms with Crippen molar-refractivity contribution in [3.05, 3.63) is 84.4 Å². The second-order valence-electron chi connectivity index (χ2n) is 7.76. The van der Waals surface area contributed by atoms with Gasteiger partial charge in [-0.3, -0.25) is 14.5 Å². The highest BCUT2D eigenvalue weighted by Crippen LogP contribution is 2.30. The van der Waals surface area contributed by atoms with Crippen LogP contribution in [0.5, 0.6) is 11.5 Å². The molecule has 7 nitrogen and oxygen atoms in total. The van der Waals surface area contributed by atoms with Crippen LogP contribution in [0.4, 0.5) is 11.4 Å². The predicted octanol–water partition coefficient (Wildman–Crippen LogP) is 4.23. The molecule has 3 aromatic carbocycles. The van der Waals surface area contributed by atoms with Crippen molar-refractivity contribution in [2.45, 2.75) is 19.0 Å². The Bertz CT molecular complexity index is 1170. The summed E-state index contributed by atoms with van der Waals surface area (Å²) < 4.78 is 10.5. The fourth-order valence-corrected chi connectivity index (χ4v) is 4.21. The van der Waals surface area contributed by atoms with Crippen LogP contribution in [0, 0.1) is 0 Å². The fourth-order valence-electron chi connectivity index (χ4n) is 3.82. The quantitative estimate of drug-likeness (QED) is 0.492. The van der Waals surface area contributed by atoms with Crippen LogP contribution < -0.4 is 19.7 Å². The van der Waals surface area contributed by atoms with Gasteiger partial charge in [-0.2, -0.15) is 0 Å². The minimum atomic E-state index is -0.736. The normalized spacial score (nSPS) is 15.4. The molecule has 174 valence electrons. The smallest absolute Gasteiger partial charge is 0.256 e. The van der Waals surface area contributed by atoms with Crippen molar-refractivity contribution < 1.29 is 19.1 Å². The van der Waals surface area contributed by atoms with Crippen molar-refractivity contribution in [1.82, 2.24) is 4.90 Å². The molecule has 1 aliphatic heterocycles. The lowest BCUT2D eigenvalue weighted by atomic mass is 10.1. The van der Waals surface area contributed by atoms with Crippen molar-refractivity contribution in [2.24, 2.45) is 0 Å². The van der Waals surface area contributed by atoms with Gasteiger partial charge in [0.2, 0.25) is 5.91 Å². The molecule has 0 aromatic heterocycles. The summed E-state index contributed by atoms with van der Waals surface area (Å²) in [6.07, 6.45) is -0.0311. The number of benzene rings is 3. The van der Waals surface area contributed by atoms with Crippen LogP contribution in [0.1, 0.15) is 12.0 Å². The summed E-state index contributed by atoms with van der Waals surface area (Å²) >= 11 is 5.73. The average molecular weight is 476 g/mol. The number of carbonyl (C=O) groups excluding carboxylic acids is 2. The molecule has 1 fully saturated rings.